The molecule has 0 aromatic carbocycles. The first kappa shape index (κ1) is 20.8. The van der Waals surface area contributed by atoms with E-state index in [1.54, 1.807) is 17.1 Å². The van der Waals surface area contributed by atoms with Gasteiger partial charge >= 0.3 is 0 Å². The van der Waals surface area contributed by atoms with E-state index < -0.39 is 0 Å². The molecule has 0 bridgehead atoms. The number of hydrogen-bond acceptors (Lipinski definition) is 5. The first-order valence-corrected chi connectivity index (χ1v) is 10.4. The zero-order valence-corrected chi connectivity index (χ0v) is 17.2. The minimum absolute atomic E-state index is 0.000205. The summed E-state index contributed by atoms with van der Waals surface area (Å²) in [4.78, 5) is 26.7. The lowest BCUT2D eigenvalue weighted by Crippen LogP contribution is -2.49. The Kier molecular flexibility index (Phi) is 7.07. The summed E-state index contributed by atoms with van der Waals surface area (Å²) >= 11 is 0. The Morgan fingerprint density at radius 1 is 1.36 bits per heavy atom. The Balaban J connectivity index is 1.46. The smallest absolute Gasteiger partial charge is 0.244 e. The number of carbonyl (C=O) groups is 2. The second-order valence-electron chi connectivity index (χ2n) is 8.32. The largest absolute Gasteiger partial charge is 0.372 e. The van der Waals surface area contributed by atoms with E-state index in [0.29, 0.717) is 37.0 Å². The Labute approximate surface area is 167 Å². The van der Waals surface area contributed by atoms with Gasteiger partial charge < -0.3 is 20.3 Å². The number of rotatable bonds is 6. The monoisotopic (exact) mass is 391 g/mol. The van der Waals surface area contributed by atoms with E-state index in [1.165, 1.54) is 12.8 Å². The van der Waals surface area contributed by atoms with Crippen LogP contribution in [-0.4, -0.2) is 64.9 Å². The number of aromatic nitrogens is 2. The van der Waals surface area contributed by atoms with Gasteiger partial charge in [-0.25, -0.2) is 0 Å². The molecule has 2 aliphatic heterocycles. The van der Waals surface area contributed by atoms with Crippen molar-refractivity contribution in [1.82, 2.24) is 20.0 Å². The number of nitrogens with one attached hydrogen (secondary N) is 2. The Morgan fingerprint density at radius 2 is 2.11 bits per heavy atom. The highest BCUT2D eigenvalue weighted by molar-refractivity contribution is 5.90. The molecule has 2 fully saturated rings. The molecule has 1 aromatic rings. The minimum Gasteiger partial charge on any atom is -0.372 e. The topological polar surface area (TPSA) is 88.5 Å². The molecule has 2 amide bonds. The summed E-state index contributed by atoms with van der Waals surface area (Å²) in [6.45, 7) is 9.53. The van der Waals surface area contributed by atoms with Crippen LogP contribution in [0, 0.1) is 11.8 Å². The van der Waals surface area contributed by atoms with Crippen LogP contribution in [0.25, 0.3) is 0 Å². The summed E-state index contributed by atoms with van der Waals surface area (Å²) in [5, 5.41) is 10.5. The molecule has 4 atom stereocenters. The van der Waals surface area contributed by atoms with Crippen molar-refractivity contribution in [3.63, 3.8) is 0 Å². The van der Waals surface area contributed by atoms with Gasteiger partial charge in [0.2, 0.25) is 11.8 Å². The summed E-state index contributed by atoms with van der Waals surface area (Å²) in [5.74, 6) is 0.911. The molecule has 1 aromatic heterocycles. The van der Waals surface area contributed by atoms with Gasteiger partial charge in [0.05, 0.1) is 24.1 Å². The predicted molar refractivity (Wildman–Crippen MR) is 107 cm³/mol. The number of anilines is 1. The predicted octanol–water partition coefficient (Wildman–Crippen LogP) is 1.48. The molecule has 2 saturated heterocycles. The van der Waals surface area contributed by atoms with Gasteiger partial charge in [0.15, 0.2) is 0 Å². The molecule has 28 heavy (non-hydrogen) atoms. The fourth-order valence-electron chi connectivity index (χ4n) is 4.17. The van der Waals surface area contributed by atoms with Crippen molar-refractivity contribution >= 4 is 17.5 Å². The maximum absolute atomic E-state index is 12.5. The van der Waals surface area contributed by atoms with Crippen molar-refractivity contribution in [3.8, 4) is 0 Å². The number of morpholine rings is 1. The summed E-state index contributed by atoms with van der Waals surface area (Å²) in [6.07, 6.45) is 6.26. The van der Waals surface area contributed by atoms with Gasteiger partial charge in [-0.15, -0.1) is 0 Å². The van der Waals surface area contributed by atoms with Crippen LogP contribution in [0.2, 0.25) is 0 Å². The Bertz CT molecular complexity index is 661. The normalized spacial score (nSPS) is 26.7. The van der Waals surface area contributed by atoms with E-state index >= 15 is 0 Å². The van der Waals surface area contributed by atoms with Crippen molar-refractivity contribution in [2.24, 2.45) is 11.8 Å². The quantitative estimate of drug-likeness (QED) is 0.767. The molecule has 2 aliphatic rings. The van der Waals surface area contributed by atoms with E-state index in [1.807, 2.05) is 18.7 Å². The number of ether oxygens (including phenoxy) is 1. The molecule has 3 rings (SSSR count). The zero-order chi connectivity index (χ0) is 20.1. The minimum atomic E-state index is -0.000205. The van der Waals surface area contributed by atoms with Crippen LogP contribution in [0.5, 0.6) is 0 Å². The van der Waals surface area contributed by atoms with E-state index in [-0.39, 0.29) is 30.6 Å². The average molecular weight is 392 g/mol. The molecule has 2 N–H and O–H groups in total. The first-order valence-electron chi connectivity index (χ1n) is 10.4. The Morgan fingerprint density at radius 3 is 2.79 bits per heavy atom. The van der Waals surface area contributed by atoms with Gasteiger partial charge in [-0.2, -0.15) is 5.10 Å². The second kappa shape index (κ2) is 9.52. The van der Waals surface area contributed by atoms with Crippen LogP contribution >= 0.6 is 0 Å². The molecule has 4 unspecified atom stereocenters. The highest BCUT2D eigenvalue weighted by atomic mass is 16.5. The number of carbonyl (C=O) groups excluding carboxylic acids is 2. The molecular weight excluding hydrogens is 358 g/mol. The van der Waals surface area contributed by atoms with Crippen LogP contribution in [-0.2, 0) is 20.9 Å². The summed E-state index contributed by atoms with van der Waals surface area (Å²) in [5.41, 5.74) is 0.635. The van der Waals surface area contributed by atoms with E-state index in [0.717, 1.165) is 13.1 Å². The van der Waals surface area contributed by atoms with Gasteiger partial charge in [0, 0.05) is 25.7 Å². The molecule has 8 nitrogen and oxygen atoms in total. The lowest BCUT2D eigenvalue weighted by atomic mass is 9.85. The average Bonchev–Trinajstić information content (AvgIpc) is 3.08. The highest BCUT2D eigenvalue weighted by Gasteiger charge is 2.26. The van der Waals surface area contributed by atoms with Crippen LogP contribution in [0.15, 0.2) is 12.4 Å². The lowest BCUT2D eigenvalue weighted by Gasteiger charge is -2.35. The van der Waals surface area contributed by atoms with Crippen LogP contribution in [0.4, 0.5) is 5.69 Å². The summed E-state index contributed by atoms with van der Waals surface area (Å²) < 4.78 is 7.25. The third kappa shape index (κ3) is 5.78. The molecular formula is C20H33N5O3. The molecule has 0 saturated carbocycles. The van der Waals surface area contributed by atoms with Crippen molar-refractivity contribution in [2.75, 3.05) is 31.5 Å². The number of amides is 2. The van der Waals surface area contributed by atoms with Gasteiger partial charge in [0.1, 0.15) is 6.54 Å². The maximum atomic E-state index is 12.5. The third-order valence-corrected chi connectivity index (χ3v) is 5.63. The zero-order valence-electron chi connectivity index (χ0n) is 17.2. The molecule has 3 heterocycles. The molecule has 8 heteroatoms. The first-order chi connectivity index (χ1) is 13.4. The fraction of sp³-hybridized carbons (Fsp3) is 0.750. The summed E-state index contributed by atoms with van der Waals surface area (Å²) in [7, 11) is 0. The van der Waals surface area contributed by atoms with E-state index in [2.05, 4.69) is 22.7 Å². The van der Waals surface area contributed by atoms with Crippen LogP contribution in [0.1, 0.15) is 40.0 Å². The standard InChI is InChI=1S/C20H33N5O3/c1-14(17-5-4-6-21-8-17)7-19(26)23-18-9-22-25(12-18)13-20(27)24-10-15(2)28-16(3)11-24/h9,12,14-17,21H,4-8,10-11,13H2,1-3H3,(H,23,26). The van der Waals surface area contributed by atoms with Crippen molar-refractivity contribution in [3.05, 3.63) is 12.4 Å². The number of hydrogen-bond donors (Lipinski definition) is 2. The third-order valence-electron chi connectivity index (χ3n) is 5.63. The van der Waals surface area contributed by atoms with Gasteiger partial charge in [-0.05, 0) is 51.6 Å². The summed E-state index contributed by atoms with van der Waals surface area (Å²) in [6, 6.07) is 0. The van der Waals surface area contributed by atoms with Gasteiger partial charge in [-0.3, -0.25) is 14.3 Å². The molecule has 156 valence electrons. The van der Waals surface area contributed by atoms with Crippen LogP contribution in [0.3, 0.4) is 0 Å². The fourth-order valence-corrected chi connectivity index (χ4v) is 4.17. The van der Waals surface area contributed by atoms with Crippen molar-refractivity contribution in [1.29, 1.82) is 0 Å². The highest BCUT2D eigenvalue weighted by Crippen LogP contribution is 2.23. The number of piperidine rings is 1. The molecule has 0 aliphatic carbocycles. The van der Waals surface area contributed by atoms with Crippen molar-refractivity contribution in [2.45, 2.75) is 58.8 Å². The lowest BCUT2D eigenvalue weighted by molar-refractivity contribution is -0.144. The van der Waals surface area contributed by atoms with E-state index in [4.69, 9.17) is 4.74 Å². The second-order valence-corrected chi connectivity index (χ2v) is 8.32. The van der Waals surface area contributed by atoms with Crippen LogP contribution < -0.4 is 10.6 Å². The number of nitrogens with zero attached hydrogens (tertiary/aromatic N) is 3. The van der Waals surface area contributed by atoms with E-state index in [9.17, 15) is 9.59 Å². The van der Waals surface area contributed by atoms with Crippen molar-refractivity contribution < 1.29 is 14.3 Å². The molecule has 0 radical (unpaired) electrons. The SMILES string of the molecule is CC1CN(C(=O)Cn2cc(NC(=O)CC(C)C3CCCNC3)cn2)CC(C)O1. The molecule has 0 spiro atoms. The van der Waals surface area contributed by atoms with Gasteiger partial charge in [-0.1, -0.05) is 6.92 Å². The van der Waals surface area contributed by atoms with Gasteiger partial charge in [0.25, 0.3) is 0 Å². The maximum Gasteiger partial charge on any atom is 0.244 e. The Hall–Kier alpha value is -1.93.